The largest absolute Gasteiger partial charge is 0.345 e. The molecule has 0 heterocycles. The smallest absolute Gasteiger partial charge is 0.145 e. The van der Waals surface area contributed by atoms with Crippen LogP contribution in [0.5, 0.6) is 0 Å². The maximum atomic E-state index is 5.15. The summed E-state index contributed by atoms with van der Waals surface area (Å²) in [5.41, 5.74) is 15.4. The van der Waals surface area contributed by atoms with E-state index in [2.05, 4.69) is 170 Å². The fraction of sp³-hybridized carbons (Fsp3) is 0.102. The maximum absolute atomic E-state index is 5.15. The third kappa shape index (κ3) is 7.70. The van der Waals surface area contributed by atoms with Crippen molar-refractivity contribution in [2.24, 2.45) is 9.98 Å². The Labute approximate surface area is 308 Å². The molecule has 1 atom stereocenters. The van der Waals surface area contributed by atoms with Crippen LogP contribution in [0, 0.1) is 6.92 Å². The molecule has 52 heavy (non-hydrogen) atoms. The van der Waals surface area contributed by atoms with Gasteiger partial charge in [-0.2, -0.15) is 0 Å². The molecule has 0 bridgehead atoms. The Balaban J connectivity index is 1.21. The molecule has 0 spiro atoms. The molecule has 7 rings (SSSR count). The molecule has 0 radical (unpaired) electrons. The Morgan fingerprint density at radius 1 is 0.673 bits per heavy atom. The van der Waals surface area contributed by atoms with Crippen molar-refractivity contribution in [2.45, 2.75) is 32.5 Å². The van der Waals surface area contributed by atoms with Crippen LogP contribution in [0.2, 0.25) is 0 Å². The van der Waals surface area contributed by atoms with E-state index >= 15 is 0 Å². The molecule has 254 valence electrons. The van der Waals surface area contributed by atoms with Crippen LogP contribution >= 0.6 is 0 Å². The van der Waals surface area contributed by atoms with Gasteiger partial charge in [0.15, 0.2) is 0 Å². The fourth-order valence-electron chi connectivity index (χ4n) is 6.96. The van der Waals surface area contributed by atoms with Crippen molar-refractivity contribution in [3.63, 3.8) is 0 Å². The van der Waals surface area contributed by atoms with Crippen LogP contribution in [0.1, 0.15) is 52.4 Å². The van der Waals surface area contributed by atoms with Gasteiger partial charge >= 0.3 is 0 Å². The van der Waals surface area contributed by atoms with Gasteiger partial charge in [-0.1, -0.05) is 170 Å². The predicted octanol–water partition coefficient (Wildman–Crippen LogP) is 12.1. The third-order valence-corrected chi connectivity index (χ3v) is 9.85. The van der Waals surface area contributed by atoms with Crippen LogP contribution in [0.4, 0.5) is 0 Å². The number of aliphatic imine (C=N–C) groups is 2. The lowest BCUT2D eigenvalue weighted by molar-refractivity contribution is 0.686. The first-order chi connectivity index (χ1) is 25.6. The summed E-state index contributed by atoms with van der Waals surface area (Å²) in [6, 6.07) is 55.4. The standard InChI is InChI=1S/C49H43N3/c1-4-37-26-31-44(40-29-27-39(28-30-40)43-23-14-22-42(32-43)38-18-10-6-11-19-38)33-47(37)45-24-15-25-46(35(45)2)49(51-34-36-16-8-5-9-17-36)52-48(50-3)41-20-12-7-13-21-41/h4-25,27-30,32-33,48H,1,3,26,31,34H2,2H3,(H,51,52). The zero-order valence-electron chi connectivity index (χ0n) is 29.7. The van der Waals surface area contributed by atoms with Crippen molar-refractivity contribution in [2.75, 3.05) is 0 Å². The lowest BCUT2D eigenvalue weighted by atomic mass is 9.83. The average Bonchev–Trinajstić information content (AvgIpc) is 3.22. The second-order valence-corrected chi connectivity index (χ2v) is 13.1. The van der Waals surface area contributed by atoms with Crippen molar-refractivity contribution < 1.29 is 0 Å². The number of allylic oxidation sites excluding steroid dienone is 5. The highest BCUT2D eigenvalue weighted by Gasteiger charge is 2.20. The normalized spacial score (nSPS) is 13.6. The number of hydrogen-bond donors (Lipinski definition) is 1. The third-order valence-electron chi connectivity index (χ3n) is 9.85. The molecule has 1 aliphatic rings. The van der Waals surface area contributed by atoms with Gasteiger partial charge in [0.1, 0.15) is 12.0 Å². The lowest BCUT2D eigenvalue weighted by Crippen LogP contribution is -2.29. The second-order valence-electron chi connectivity index (χ2n) is 13.1. The Kier molecular flexibility index (Phi) is 10.6. The molecule has 0 saturated heterocycles. The molecule has 1 N–H and O–H groups in total. The molecule has 0 aliphatic heterocycles. The van der Waals surface area contributed by atoms with Gasteiger partial charge < -0.3 is 5.32 Å². The average molecular weight is 674 g/mol. The maximum Gasteiger partial charge on any atom is 0.145 e. The van der Waals surface area contributed by atoms with Crippen molar-refractivity contribution in [3.05, 3.63) is 215 Å². The zero-order chi connectivity index (χ0) is 35.7. The molecule has 0 saturated carbocycles. The molecular weight excluding hydrogens is 631 g/mol. The number of hydrogen-bond acceptors (Lipinski definition) is 2. The molecular formula is C49H43N3. The molecule has 3 nitrogen and oxygen atoms in total. The molecule has 3 heteroatoms. The monoisotopic (exact) mass is 673 g/mol. The summed E-state index contributed by atoms with van der Waals surface area (Å²) in [6.07, 6.45) is 5.93. The quantitative estimate of drug-likeness (QED) is 0.108. The highest BCUT2D eigenvalue weighted by atomic mass is 15.1. The number of nitrogens with one attached hydrogen (secondary N) is 1. The first-order valence-electron chi connectivity index (χ1n) is 17.9. The Bertz CT molecular complexity index is 2260. The SMILES string of the molecule is C=CC1=C(c2cccc(C(=NCc3ccccc3)NC(N=C)c3ccccc3)c2C)C=C(c2ccc(-c3cccc(-c4ccccc4)c3)cc2)CC1. The van der Waals surface area contributed by atoms with E-state index in [1.54, 1.807) is 0 Å². The molecule has 0 fully saturated rings. The van der Waals surface area contributed by atoms with Crippen LogP contribution in [-0.2, 0) is 6.54 Å². The summed E-state index contributed by atoms with van der Waals surface area (Å²) in [4.78, 5) is 9.61. The van der Waals surface area contributed by atoms with Crippen molar-refractivity contribution in [3.8, 4) is 22.3 Å². The van der Waals surface area contributed by atoms with Crippen molar-refractivity contribution >= 4 is 23.7 Å². The Morgan fingerprint density at radius 2 is 1.27 bits per heavy atom. The van der Waals surface area contributed by atoms with E-state index in [1.807, 2.05) is 30.3 Å². The van der Waals surface area contributed by atoms with E-state index < -0.39 is 0 Å². The first kappa shape index (κ1) is 34.1. The van der Waals surface area contributed by atoms with E-state index in [-0.39, 0.29) is 6.17 Å². The van der Waals surface area contributed by atoms with Crippen LogP contribution in [-0.4, -0.2) is 12.6 Å². The highest BCUT2D eigenvalue weighted by molar-refractivity contribution is 6.02. The van der Waals surface area contributed by atoms with Gasteiger partial charge in [0, 0.05) is 5.56 Å². The summed E-state index contributed by atoms with van der Waals surface area (Å²) in [5.74, 6) is 0.789. The van der Waals surface area contributed by atoms with Gasteiger partial charge in [0.05, 0.1) is 6.54 Å². The number of rotatable bonds is 11. The minimum Gasteiger partial charge on any atom is -0.345 e. The van der Waals surface area contributed by atoms with E-state index in [1.165, 1.54) is 50.1 Å². The van der Waals surface area contributed by atoms with E-state index in [0.717, 1.165) is 40.9 Å². The van der Waals surface area contributed by atoms with Gasteiger partial charge in [-0.05, 0) is 99.3 Å². The van der Waals surface area contributed by atoms with Crippen LogP contribution in [0.3, 0.4) is 0 Å². The molecule has 1 aliphatic carbocycles. The molecule has 1 unspecified atom stereocenters. The van der Waals surface area contributed by atoms with Gasteiger partial charge in [-0.25, -0.2) is 0 Å². The number of nitrogens with zero attached hydrogens (tertiary/aromatic N) is 2. The summed E-state index contributed by atoms with van der Waals surface area (Å²) >= 11 is 0. The molecule has 6 aromatic carbocycles. The Hall–Kier alpha value is -6.32. The Morgan fingerprint density at radius 3 is 1.94 bits per heavy atom. The summed E-state index contributed by atoms with van der Waals surface area (Å²) in [5, 5.41) is 3.64. The second kappa shape index (κ2) is 16.1. The van der Waals surface area contributed by atoms with Gasteiger partial charge in [0.25, 0.3) is 0 Å². The zero-order valence-corrected chi connectivity index (χ0v) is 29.7. The molecule has 6 aromatic rings. The van der Waals surface area contributed by atoms with Crippen LogP contribution < -0.4 is 5.32 Å². The minimum atomic E-state index is -0.341. The van der Waals surface area contributed by atoms with E-state index in [9.17, 15) is 0 Å². The van der Waals surface area contributed by atoms with Gasteiger partial charge in [0.2, 0.25) is 0 Å². The lowest BCUT2D eigenvalue weighted by Gasteiger charge is -2.23. The van der Waals surface area contributed by atoms with E-state index in [4.69, 9.17) is 4.99 Å². The summed E-state index contributed by atoms with van der Waals surface area (Å²) in [7, 11) is 0. The molecule has 0 aromatic heterocycles. The van der Waals surface area contributed by atoms with Crippen molar-refractivity contribution in [1.82, 2.24) is 5.32 Å². The summed E-state index contributed by atoms with van der Waals surface area (Å²) in [6.45, 7) is 10.9. The van der Waals surface area contributed by atoms with Crippen molar-refractivity contribution in [1.29, 1.82) is 0 Å². The first-order valence-corrected chi connectivity index (χ1v) is 17.9. The minimum absolute atomic E-state index is 0.341. The number of amidine groups is 1. The van der Waals surface area contributed by atoms with Gasteiger partial charge in [-0.15, -0.1) is 0 Å². The van der Waals surface area contributed by atoms with Gasteiger partial charge in [-0.3, -0.25) is 9.98 Å². The fourth-order valence-corrected chi connectivity index (χ4v) is 6.96. The van der Waals surface area contributed by atoms with E-state index in [0.29, 0.717) is 6.54 Å². The number of benzene rings is 6. The highest BCUT2D eigenvalue weighted by Crippen LogP contribution is 2.38. The predicted molar refractivity (Wildman–Crippen MR) is 221 cm³/mol. The van der Waals surface area contributed by atoms with Crippen LogP contribution in [0.15, 0.2) is 192 Å². The molecule has 0 amide bonds. The topological polar surface area (TPSA) is 36.8 Å². The van der Waals surface area contributed by atoms with Crippen LogP contribution in [0.25, 0.3) is 33.4 Å². The summed E-state index contributed by atoms with van der Waals surface area (Å²) < 4.78 is 0.